The highest BCUT2D eigenvalue weighted by Gasteiger charge is 2.45. The second-order valence-electron chi connectivity index (χ2n) is 19.1. The number of piperidine rings is 2. The van der Waals surface area contributed by atoms with Crippen LogP contribution in [0.4, 0.5) is 4.79 Å². The Morgan fingerprint density at radius 3 is 1.83 bits per heavy atom. The molecule has 7 atom stereocenters. The van der Waals surface area contributed by atoms with Crippen molar-refractivity contribution < 1.29 is 47.8 Å². The first-order valence-corrected chi connectivity index (χ1v) is 23.5. The molecule has 0 unspecified atom stereocenters. The standard InChI is InChI=1S/C50H71N5O10/c1-9-34(4)41(45(58)54-28-18-16-25-38(54)47(60)63-32-36-23-14-11-15-24-36)51-43(56)37-27-20-30-53(37)46(59)42(33(2)3)52(8)44(57)40(31-35-21-12-10-13-22-35)64-48(61)39-26-17-19-29-55(39)49(62)65-50(5,6)7/h10-15,21-24,33-34,37-42H,9,16-20,25-32H2,1-8H3,(H,51,56)/t34-,37-,38-,39-,40+,41-,42-/m0/s1. The summed E-state index contributed by atoms with van der Waals surface area (Å²) in [7, 11) is 1.51. The van der Waals surface area contributed by atoms with Crippen LogP contribution in [0.25, 0.3) is 0 Å². The van der Waals surface area contributed by atoms with E-state index in [1.165, 1.54) is 21.7 Å². The number of rotatable bonds is 16. The molecule has 15 nitrogen and oxygen atoms in total. The lowest BCUT2D eigenvalue weighted by molar-refractivity contribution is -0.167. The molecular weight excluding hydrogens is 831 g/mol. The SMILES string of the molecule is CC[C@H](C)[C@H](NC(=O)[C@@H]1CCCN1C(=O)[C@H](C(C)C)N(C)C(=O)[C@@H](Cc1ccccc1)OC(=O)[C@@H]1CCCCN1C(=O)OC(C)(C)C)C(=O)N1CCCC[C@H]1C(=O)OCc1ccccc1. The molecule has 2 aromatic rings. The van der Waals surface area contributed by atoms with Crippen LogP contribution in [0, 0.1) is 11.8 Å². The van der Waals surface area contributed by atoms with Gasteiger partial charge in [-0.05, 0) is 95.1 Å². The summed E-state index contributed by atoms with van der Waals surface area (Å²) in [6.45, 7) is 13.7. The van der Waals surface area contributed by atoms with Crippen LogP contribution in [0.15, 0.2) is 60.7 Å². The van der Waals surface area contributed by atoms with E-state index < -0.39 is 83.6 Å². The Morgan fingerprint density at radius 1 is 0.708 bits per heavy atom. The lowest BCUT2D eigenvalue weighted by atomic mass is 9.94. The highest BCUT2D eigenvalue weighted by molar-refractivity contribution is 5.96. The molecule has 0 radical (unpaired) electrons. The van der Waals surface area contributed by atoms with Crippen molar-refractivity contribution in [2.45, 2.75) is 161 Å². The summed E-state index contributed by atoms with van der Waals surface area (Å²) in [5.41, 5.74) is 0.784. The Kier molecular flexibility index (Phi) is 18.0. The van der Waals surface area contributed by atoms with Crippen molar-refractivity contribution >= 4 is 41.7 Å². The molecule has 0 spiro atoms. The van der Waals surface area contributed by atoms with Crippen LogP contribution in [0.3, 0.4) is 0 Å². The number of nitrogens with zero attached hydrogens (tertiary/aromatic N) is 4. The van der Waals surface area contributed by atoms with Crippen LogP contribution >= 0.6 is 0 Å². The lowest BCUT2D eigenvalue weighted by Crippen LogP contribution is -2.61. The predicted molar refractivity (Wildman–Crippen MR) is 244 cm³/mol. The molecule has 3 aliphatic heterocycles. The number of benzene rings is 2. The Labute approximate surface area is 384 Å². The molecule has 0 aromatic heterocycles. The zero-order chi connectivity index (χ0) is 47.4. The first-order valence-electron chi connectivity index (χ1n) is 23.5. The van der Waals surface area contributed by atoms with Crippen molar-refractivity contribution in [2.75, 3.05) is 26.7 Å². The molecule has 2 aromatic carbocycles. The van der Waals surface area contributed by atoms with E-state index in [0.717, 1.165) is 17.5 Å². The largest absolute Gasteiger partial charge is 0.459 e. The molecule has 356 valence electrons. The summed E-state index contributed by atoms with van der Waals surface area (Å²) in [5.74, 6) is -3.81. The number of carbonyl (C=O) groups excluding carboxylic acids is 7. The van der Waals surface area contributed by atoms with E-state index in [4.69, 9.17) is 14.2 Å². The van der Waals surface area contributed by atoms with Crippen LogP contribution in [0.5, 0.6) is 0 Å². The van der Waals surface area contributed by atoms with E-state index in [-0.39, 0.29) is 31.4 Å². The molecule has 3 saturated heterocycles. The molecule has 0 saturated carbocycles. The summed E-state index contributed by atoms with van der Waals surface area (Å²) in [4.78, 5) is 104. The molecule has 5 amide bonds. The van der Waals surface area contributed by atoms with Crippen LogP contribution in [-0.2, 0) is 56.0 Å². The van der Waals surface area contributed by atoms with Crippen LogP contribution in [0.2, 0.25) is 0 Å². The summed E-state index contributed by atoms with van der Waals surface area (Å²) < 4.78 is 17.3. The van der Waals surface area contributed by atoms with E-state index >= 15 is 0 Å². The predicted octanol–water partition coefficient (Wildman–Crippen LogP) is 6.06. The first-order chi connectivity index (χ1) is 30.9. The number of likely N-dealkylation sites (N-methyl/N-ethyl adjacent to an activating group) is 1. The van der Waals surface area contributed by atoms with Crippen LogP contribution < -0.4 is 5.32 Å². The minimum absolute atomic E-state index is 0.0241. The zero-order valence-corrected chi connectivity index (χ0v) is 39.7. The first kappa shape index (κ1) is 50.5. The minimum atomic E-state index is -1.33. The zero-order valence-electron chi connectivity index (χ0n) is 39.7. The Hall–Kier alpha value is -5.47. The van der Waals surface area contributed by atoms with Gasteiger partial charge in [0.2, 0.25) is 17.7 Å². The number of nitrogens with one attached hydrogen (secondary N) is 1. The molecule has 15 heteroatoms. The summed E-state index contributed by atoms with van der Waals surface area (Å²) in [6.07, 6.45) is 3.12. The highest BCUT2D eigenvalue weighted by Crippen LogP contribution is 2.28. The Morgan fingerprint density at radius 2 is 1.25 bits per heavy atom. The van der Waals surface area contributed by atoms with Crippen LogP contribution in [0.1, 0.15) is 117 Å². The highest BCUT2D eigenvalue weighted by atomic mass is 16.6. The van der Waals surface area contributed by atoms with Gasteiger partial charge in [-0.25, -0.2) is 14.4 Å². The molecule has 5 rings (SSSR count). The van der Waals surface area contributed by atoms with Crippen LogP contribution in [-0.4, -0.2) is 130 Å². The molecule has 0 aliphatic carbocycles. The van der Waals surface area contributed by atoms with Gasteiger partial charge in [0, 0.05) is 33.1 Å². The van der Waals surface area contributed by atoms with Gasteiger partial charge in [-0.3, -0.25) is 24.1 Å². The van der Waals surface area contributed by atoms with Gasteiger partial charge in [0.05, 0.1) is 0 Å². The molecule has 65 heavy (non-hydrogen) atoms. The van der Waals surface area contributed by atoms with Gasteiger partial charge in [0.1, 0.15) is 42.4 Å². The number of hydrogen-bond donors (Lipinski definition) is 1. The fourth-order valence-corrected chi connectivity index (χ4v) is 9.05. The number of esters is 2. The number of ether oxygens (including phenoxy) is 3. The van der Waals surface area contributed by atoms with Crippen molar-refractivity contribution in [2.24, 2.45) is 11.8 Å². The molecule has 3 heterocycles. The number of amides is 5. The van der Waals surface area contributed by atoms with E-state index in [0.29, 0.717) is 64.5 Å². The van der Waals surface area contributed by atoms with Crippen molar-refractivity contribution in [3.63, 3.8) is 0 Å². The molecule has 3 fully saturated rings. The molecule has 0 bridgehead atoms. The van der Waals surface area contributed by atoms with E-state index in [9.17, 15) is 33.6 Å². The van der Waals surface area contributed by atoms with Crippen molar-refractivity contribution in [1.82, 2.24) is 24.9 Å². The molecular formula is C50H71N5O10. The minimum Gasteiger partial charge on any atom is -0.459 e. The Bertz CT molecular complexity index is 1960. The maximum Gasteiger partial charge on any atom is 0.411 e. The van der Waals surface area contributed by atoms with Crippen molar-refractivity contribution in [3.05, 3.63) is 71.8 Å². The van der Waals surface area contributed by atoms with Gasteiger partial charge in [-0.15, -0.1) is 0 Å². The second-order valence-corrected chi connectivity index (χ2v) is 19.1. The monoisotopic (exact) mass is 902 g/mol. The lowest BCUT2D eigenvalue weighted by Gasteiger charge is -2.39. The number of likely N-dealkylation sites (tertiary alicyclic amines) is 3. The second kappa shape index (κ2) is 23.1. The third kappa shape index (κ3) is 13.3. The number of carbonyl (C=O) groups is 7. The Balaban J connectivity index is 1.32. The van der Waals surface area contributed by atoms with Gasteiger partial charge in [-0.1, -0.05) is 94.8 Å². The maximum atomic E-state index is 14.7. The topological polar surface area (TPSA) is 172 Å². The van der Waals surface area contributed by atoms with E-state index in [1.807, 2.05) is 88.4 Å². The summed E-state index contributed by atoms with van der Waals surface area (Å²) in [5, 5.41) is 3.00. The normalized spacial score (nSPS) is 20.8. The quantitative estimate of drug-likeness (QED) is 0.154. The maximum absolute atomic E-state index is 14.7. The molecule has 1 N–H and O–H groups in total. The van der Waals surface area contributed by atoms with Gasteiger partial charge in [0.15, 0.2) is 6.10 Å². The number of hydrogen-bond acceptors (Lipinski definition) is 10. The molecule has 3 aliphatic rings. The van der Waals surface area contributed by atoms with Crippen molar-refractivity contribution in [3.8, 4) is 0 Å². The third-order valence-electron chi connectivity index (χ3n) is 12.7. The van der Waals surface area contributed by atoms with Gasteiger partial charge in [0.25, 0.3) is 5.91 Å². The van der Waals surface area contributed by atoms with E-state index in [1.54, 1.807) is 25.7 Å². The average molecular weight is 902 g/mol. The third-order valence-corrected chi connectivity index (χ3v) is 12.7. The van der Waals surface area contributed by atoms with Crippen molar-refractivity contribution in [1.29, 1.82) is 0 Å². The summed E-state index contributed by atoms with van der Waals surface area (Å²) in [6, 6.07) is 13.8. The average Bonchev–Trinajstić information content (AvgIpc) is 3.79. The van der Waals surface area contributed by atoms with Gasteiger partial charge in [-0.2, -0.15) is 0 Å². The fourth-order valence-electron chi connectivity index (χ4n) is 9.05. The van der Waals surface area contributed by atoms with Gasteiger partial charge < -0.3 is 34.2 Å². The fraction of sp³-hybridized carbons (Fsp3) is 0.620. The summed E-state index contributed by atoms with van der Waals surface area (Å²) >= 11 is 0. The van der Waals surface area contributed by atoms with E-state index in [2.05, 4.69) is 5.32 Å². The van der Waals surface area contributed by atoms with Gasteiger partial charge >= 0.3 is 18.0 Å². The smallest absolute Gasteiger partial charge is 0.411 e.